The predicted octanol–water partition coefficient (Wildman–Crippen LogP) is 3.59. The Balaban J connectivity index is 2.17. The second-order valence-electron chi connectivity index (χ2n) is 4.31. The molecule has 0 aliphatic rings. The maximum Gasteiger partial charge on any atom is 0.248 e. The molecule has 0 spiro atoms. The van der Waals surface area contributed by atoms with Crippen LogP contribution in [0.2, 0.25) is 5.02 Å². The van der Waals surface area contributed by atoms with E-state index in [1.165, 1.54) is 6.07 Å². The van der Waals surface area contributed by atoms with Gasteiger partial charge in [-0.1, -0.05) is 23.7 Å². The number of carbonyl (C=O) groups excluding carboxylic acids is 1. The van der Waals surface area contributed by atoms with E-state index in [0.717, 1.165) is 9.13 Å². The number of aromatic nitrogens is 2. The highest BCUT2D eigenvalue weighted by molar-refractivity contribution is 14.1. The minimum atomic E-state index is -0.515. The molecule has 2 aromatic carbocycles. The average Bonchev–Trinajstić information content (AvgIpc) is 2.84. The van der Waals surface area contributed by atoms with Crippen molar-refractivity contribution >= 4 is 51.1 Å². The molecule has 1 amide bonds. The Morgan fingerprint density at radius 3 is 2.60 bits per heavy atom. The predicted molar refractivity (Wildman–Crippen MR) is 87.8 cm³/mol. The summed E-state index contributed by atoms with van der Waals surface area (Å²) in [4.78, 5) is 18.9. The van der Waals surface area contributed by atoms with Gasteiger partial charge in [0.15, 0.2) is 0 Å². The average molecular weight is 398 g/mol. The maximum atomic E-state index is 11.2. The summed E-state index contributed by atoms with van der Waals surface area (Å²) in [6, 6.07) is 11.1. The van der Waals surface area contributed by atoms with Gasteiger partial charge in [0.05, 0.1) is 10.5 Å². The first kappa shape index (κ1) is 13.4. The molecule has 100 valence electrons. The molecule has 0 saturated carbocycles. The molecule has 0 fully saturated rings. The van der Waals surface area contributed by atoms with E-state index < -0.39 is 5.91 Å². The number of hydrogen-bond acceptors (Lipinski definition) is 2. The van der Waals surface area contributed by atoms with E-state index in [9.17, 15) is 4.79 Å². The van der Waals surface area contributed by atoms with Crippen LogP contribution >= 0.6 is 34.2 Å². The van der Waals surface area contributed by atoms with E-state index in [2.05, 4.69) is 32.6 Å². The van der Waals surface area contributed by atoms with Gasteiger partial charge in [-0.05, 0) is 46.9 Å². The molecule has 1 heterocycles. The van der Waals surface area contributed by atoms with Gasteiger partial charge in [-0.15, -0.1) is 0 Å². The number of H-pyrrole nitrogens is 1. The number of nitrogens with zero attached hydrogens (tertiary/aromatic N) is 1. The van der Waals surface area contributed by atoms with Crippen molar-refractivity contribution in [1.29, 1.82) is 0 Å². The first-order valence-electron chi connectivity index (χ1n) is 5.79. The number of fused-ring (bicyclic) bond motifs is 1. The largest absolute Gasteiger partial charge is 0.366 e. The molecule has 0 atom stereocenters. The molecule has 0 radical (unpaired) electrons. The fourth-order valence-corrected chi connectivity index (χ4v) is 2.58. The zero-order chi connectivity index (χ0) is 14.3. The highest BCUT2D eigenvalue weighted by atomic mass is 127. The first-order valence-corrected chi connectivity index (χ1v) is 7.25. The molecule has 1 aromatic heterocycles. The Morgan fingerprint density at radius 2 is 1.95 bits per heavy atom. The minimum absolute atomic E-state index is 0.361. The monoisotopic (exact) mass is 397 g/mol. The van der Waals surface area contributed by atoms with E-state index >= 15 is 0 Å². The number of hydrogen-bond donors (Lipinski definition) is 2. The van der Waals surface area contributed by atoms with E-state index in [1.54, 1.807) is 6.07 Å². The number of carbonyl (C=O) groups is 1. The molecule has 4 nitrogen and oxygen atoms in total. The first-order chi connectivity index (χ1) is 9.54. The van der Waals surface area contributed by atoms with Crippen molar-refractivity contribution in [2.75, 3.05) is 0 Å². The zero-order valence-corrected chi connectivity index (χ0v) is 13.1. The summed E-state index contributed by atoms with van der Waals surface area (Å²) in [5.74, 6) is 0.194. The van der Waals surface area contributed by atoms with Gasteiger partial charge in [-0.2, -0.15) is 0 Å². The van der Waals surface area contributed by atoms with Crippen molar-refractivity contribution in [3.8, 4) is 11.4 Å². The van der Waals surface area contributed by atoms with Crippen molar-refractivity contribution in [3.63, 3.8) is 0 Å². The number of amides is 1. The van der Waals surface area contributed by atoms with E-state index in [4.69, 9.17) is 17.3 Å². The smallest absolute Gasteiger partial charge is 0.248 e. The SMILES string of the molecule is NC(=O)c1cc(Cl)c2nc(-c3ccc(I)cc3)[nH]c2c1. The van der Waals surface area contributed by atoms with Crippen molar-refractivity contribution in [1.82, 2.24) is 9.97 Å². The summed E-state index contributed by atoms with van der Waals surface area (Å²) in [7, 11) is 0. The van der Waals surface area contributed by atoms with Gasteiger partial charge >= 0.3 is 0 Å². The van der Waals surface area contributed by atoms with Crippen LogP contribution in [0.25, 0.3) is 22.4 Å². The quantitative estimate of drug-likeness (QED) is 0.649. The number of aromatic amines is 1. The summed E-state index contributed by atoms with van der Waals surface area (Å²) in [5, 5.41) is 0.407. The lowest BCUT2D eigenvalue weighted by Crippen LogP contribution is -2.10. The van der Waals surface area contributed by atoms with E-state index in [1.807, 2.05) is 24.3 Å². The molecule has 3 aromatic rings. The molecular formula is C14H9ClIN3O. The van der Waals surface area contributed by atoms with Gasteiger partial charge in [0, 0.05) is 14.7 Å². The van der Waals surface area contributed by atoms with Gasteiger partial charge in [-0.25, -0.2) is 4.98 Å². The lowest BCUT2D eigenvalue weighted by Gasteiger charge is -1.97. The molecule has 0 aliphatic carbocycles. The van der Waals surface area contributed by atoms with Crippen LogP contribution in [0.3, 0.4) is 0 Å². The number of imidazole rings is 1. The molecule has 20 heavy (non-hydrogen) atoms. The van der Waals surface area contributed by atoms with Gasteiger partial charge in [0.2, 0.25) is 5.91 Å². The molecule has 0 saturated heterocycles. The Labute approximate surface area is 133 Å². The van der Waals surface area contributed by atoms with Gasteiger partial charge in [0.1, 0.15) is 11.3 Å². The molecule has 3 N–H and O–H groups in total. The van der Waals surface area contributed by atoms with Crippen LogP contribution < -0.4 is 5.73 Å². The second-order valence-corrected chi connectivity index (χ2v) is 5.96. The highest BCUT2D eigenvalue weighted by Crippen LogP contribution is 2.27. The number of rotatable bonds is 2. The summed E-state index contributed by atoms with van der Waals surface area (Å²) in [5.41, 5.74) is 7.92. The lowest BCUT2D eigenvalue weighted by atomic mass is 10.2. The Morgan fingerprint density at radius 1 is 1.25 bits per heavy atom. The summed E-state index contributed by atoms with van der Waals surface area (Å²) in [6.07, 6.45) is 0. The van der Waals surface area contributed by atoms with E-state index in [-0.39, 0.29) is 0 Å². The standard InChI is InChI=1S/C14H9ClIN3O/c15-10-5-8(13(17)20)6-11-12(10)19-14(18-11)7-1-3-9(16)4-2-7/h1-6H,(H2,17,20)(H,18,19). The van der Waals surface area contributed by atoms with E-state index in [0.29, 0.717) is 27.4 Å². The third-order valence-corrected chi connectivity index (χ3v) is 3.95. The fraction of sp³-hybridized carbons (Fsp3) is 0. The Bertz CT molecular complexity index is 811. The van der Waals surface area contributed by atoms with Crippen LogP contribution in [-0.2, 0) is 0 Å². The Hall–Kier alpha value is -1.60. The van der Waals surface area contributed by atoms with Crippen molar-refractivity contribution in [3.05, 3.63) is 50.6 Å². The molecule has 3 rings (SSSR count). The van der Waals surface area contributed by atoms with Crippen molar-refractivity contribution < 1.29 is 4.79 Å². The molecule has 0 bridgehead atoms. The number of nitrogens with two attached hydrogens (primary N) is 1. The minimum Gasteiger partial charge on any atom is -0.366 e. The lowest BCUT2D eigenvalue weighted by molar-refractivity contribution is 0.100. The van der Waals surface area contributed by atoms with Crippen molar-refractivity contribution in [2.45, 2.75) is 0 Å². The second kappa shape index (κ2) is 5.06. The summed E-state index contributed by atoms with van der Waals surface area (Å²) < 4.78 is 1.15. The van der Waals surface area contributed by atoms with Crippen LogP contribution in [0, 0.1) is 3.57 Å². The maximum absolute atomic E-state index is 11.2. The van der Waals surface area contributed by atoms with Crippen LogP contribution in [0.1, 0.15) is 10.4 Å². The van der Waals surface area contributed by atoms with Gasteiger partial charge in [-0.3, -0.25) is 4.79 Å². The summed E-state index contributed by atoms with van der Waals surface area (Å²) >= 11 is 8.38. The number of benzene rings is 2. The van der Waals surface area contributed by atoms with Gasteiger partial charge < -0.3 is 10.7 Å². The normalized spacial score (nSPS) is 10.9. The third-order valence-electron chi connectivity index (χ3n) is 2.94. The van der Waals surface area contributed by atoms with Crippen LogP contribution in [0.5, 0.6) is 0 Å². The third kappa shape index (κ3) is 2.38. The Kier molecular flexibility index (Phi) is 3.39. The number of halogens is 2. The fourth-order valence-electron chi connectivity index (χ4n) is 1.96. The topological polar surface area (TPSA) is 71.8 Å². The number of primary amides is 1. The van der Waals surface area contributed by atoms with Crippen molar-refractivity contribution in [2.24, 2.45) is 5.73 Å². The number of nitrogens with one attached hydrogen (secondary N) is 1. The van der Waals surface area contributed by atoms with Gasteiger partial charge in [0.25, 0.3) is 0 Å². The molecule has 0 aliphatic heterocycles. The highest BCUT2D eigenvalue weighted by Gasteiger charge is 2.11. The van der Waals surface area contributed by atoms with Crippen LogP contribution in [0.4, 0.5) is 0 Å². The molecular weight excluding hydrogens is 389 g/mol. The van der Waals surface area contributed by atoms with Crippen LogP contribution in [-0.4, -0.2) is 15.9 Å². The zero-order valence-electron chi connectivity index (χ0n) is 10.2. The molecule has 0 unspecified atom stereocenters. The molecule has 6 heteroatoms. The summed E-state index contributed by atoms with van der Waals surface area (Å²) in [6.45, 7) is 0. The van der Waals surface area contributed by atoms with Crippen LogP contribution in [0.15, 0.2) is 36.4 Å².